The van der Waals surface area contributed by atoms with E-state index in [2.05, 4.69) is 19.1 Å². The van der Waals surface area contributed by atoms with Crippen molar-refractivity contribution in [3.63, 3.8) is 0 Å². The van der Waals surface area contributed by atoms with Crippen LogP contribution in [0.25, 0.3) is 0 Å². The Morgan fingerprint density at radius 2 is 1.89 bits per heavy atom. The summed E-state index contributed by atoms with van der Waals surface area (Å²) in [6.45, 7) is 9.02. The maximum Gasteiger partial charge on any atom is 0.105 e. The van der Waals surface area contributed by atoms with Crippen molar-refractivity contribution in [1.82, 2.24) is 0 Å². The molecule has 4 nitrogen and oxygen atoms in total. The smallest absolute Gasteiger partial charge is 0.105 e. The highest BCUT2D eigenvalue weighted by molar-refractivity contribution is 5.64. The van der Waals surface area contributed by atoms with Crippen LogP contribution >= 0.6 is 0 Å². The molecule has 0 aromatic rings. The van der Waals surface area contributed by atoms with Crippen molar-refractivity contribution in [2.45, 2.75) is 52.6 Å². The Bertz CT molecular complexity index is 273. The number of likely N-dealkylation sites (N-methyl/N-ethyl adjacent to an activating group) is 1. The summed E-state index contributed by atoms with van der Waals surface area (Å²) in [7, 11) is 0. The molecule has 0 rings (SSSR count). The normalized spacial score (nSPS) is 13.9. The van der Waals surface area contributed by atoms with Crippen LogP contribution in [0.2, 0.25) is 0 Å². The number of carboxylic acids is 1. The number of hydrogen-bond donors (Lipinski definition) is 1. The van der Waals surface area contributed by atoms with Crippen molar-refractivity contribution in [1.29, 1.82) is 0 Å². The van der Waals surface area contributed by atoms with E-state index < -0.39 is 5.97 Å². The predicted molar refractivity (Wildman–Crippen MR) is 75.4 cm³/mol. The molecule has 0 spiro atoms. The van der Waals surface area contributed by atoms with E-state index >= 15 is 0 Å². The number of rotatable bonds is 11. The highest BCUT2D eigenvalue weighted by Crippen LogP contribution is 2.12. The molecule has 0 saturated heterocycles. The lowest BCUT2D eigenvalue weighted by Gasteiger charge is -2.38. The summed E-state index contributed by atoms with van der Waals surface area (Å²) in [5.74, 6) is -1.01. The molecule has 0 aliphatic rings. The molecule has 4 heteroatoms. The van der Waals surface area contributed by atoms with Gasteiger partial charge in [-0.25, -0.2) is 0 Å². The Hall–Kier alpha value is -0.870. The fourth-order valence-electron chi connectivity index (χ4n) is 2.33. The molecule has 0 bridgehead atoms. The van der Waals surface area contributed by atoms with Crippen LogP contribution in [0.3, 0.4) is 0 Å². The van der Waals surface area contributed by atoms with E-state index in [-0.39, 0.29) is 12.5 Å². The Morgan fingerprint density at radius 3 is 2.37 bits per heavy atom. The zero-order chi connectivity index (χ0) is 14.7. The minimum absolute atomic E-state index is 0.0597. The molecule has 1 unspecified atom stereocenters. The van der Waals surface area contributed by atoms with Gasteiger partial charge in [0.1, 0.15) is 12.6 Å². The molecule has 19 heavy (non-hydrogen) atoms. The van der Waals surface area contributed by atoms with Gasteiger partial charge in [-0.15, -0.1) is 0 Å². The number of aliphatic carboxylic acids is 1. The number of hydrogen-bond acceptors (Lipinski definition) is 3. The molecule has 0 saturated carbocycles. The summed E-state index contributed by atoms with van der Waals surface area (Å²) in [4.78, 5) is 10.6. The van der Waals surface area contributed by atoms with E-state index in [1.54, 1.807) is 0 Å². The Kier molecular flexibility index (Phi) is 9.53. The summed E-state index contributed by atoms with van der Waals surface area (Å²) in [5.41, 5.74) is 0. The van der Waals surface area contributed by atoms with Crippen molar-refractivity contribution in [2.24, 2.45) is 0 Å². The molecule has 0 fully saturated rings. The number of quaternary nitrogens is 1. The van der Waals surface area contributed by atoms with Crippen LogP contribution in [0.4, 0.5) is 0 Å². The third kappa shape index (κ3) is 8.01. The molecular weight excluding hydrogens is 242 g/mol. The van der Waals surface area contributed by atoms with Gasteiger partial charge < -0.3 is 19.5 Å². The molecule has 112 valence electrons. The van der Waals surface area contributed by atoms with Gasteiger partial charge in [0, 0.05) is 12.4 Å². The summed E-state index contributed by atoms with van der Waals surface area (Å²) in [6, 6.07) is 0. The standard InChI is InChI=1S/C15H29NO3/c1-4-7-8-9-10-14(17)13-16(5-2,6-3)12-11-15(18)19/h7-8,14,17H,4-6,9-13H2,1-3H3/b8-7+. The fourth-order valence-corrected chi connectivity index (χ4v) is 2.33. The number of aliphatic hydroxyl groups excluding tert-OH is 1. The van der Waals surface area contributed by atoms with Crippen molar-refractivity contribution < 1.29 is 19.5 Å². The van der Waals surface area contributed by atoms with E-state index in [0.717, 1.165) is 32.4 Å². The van der Waals surface area contributed by atoms with E-state index in [1.165, 1.54) is 0 Å². The quantitative estimate of drug-likeness (QED) is 0.452. The Labute approximate surface area is 117 Å². The molecule has 1 N–H and O–H groups in total. The van der Waals surface area contributed by atoms with Crippen LogP contribution in [-0.4, -0.2) is 47.8 Å². The lowest BCUT2D eigenvalue weighted by atomic mass is 10.1. The first-order valence-electron chi connectivity index (χ1n) is 7.37. The maximum absolute atomic E-state index is 10.6. The van der Waals surface area contributed by atoms with Gasteiger partial charge in [-0.3, -0.25) is 0 Å². The van der Waals surface area contributed by atoms with E-state index in [0.29, 0.717) is 17.6 Å². The van der Waals surface area contributed by atoms with Gasteiger partial charge in [0.15, 0.2) is 0 Å². The van der Waals surface area contributed by atoms with Crippen molar-refractivity contribution in [3.05, 3.63) is 12.2 Å². The number of carboxylic acid groups (broad SMARTS) is 1. The van der Waals surface area contributed by atoms with Gasteiger partial charge in [-0.05, 0) is 33.1 Å². The van der Waals surface area contributed by atoms with Crippen molar-refractivity contribution >= 4 is 5.97 Å². The largest absolute Gasteiger partial charge is 0.550 e. The van der Waals surface area contributed by atoms with Crippen molar-refractivity contribution in [3.8, 4) is 0 Å². The second-order valence-corrected chi connectivity index (χ2v) is 5.11. The van der Waals surface area contributed by atoms with Crippen LogP contribution in [0, 0.1) is 0 Å². The Balaban J connectivity index is 4.30. The number of allylic oxidation sites excluding steroid dienone is 2. The molecule has 0 aliphatic heterocycles. The monoisotopic (exact) mass is 271 g/mol. The van der Waals surface area contributed by atoms with Crippen LogP contribution in [-0.2, 0) is 4.79 Å². The molecule has 0 heterocycles. The number of carbonyl (C=O) groups is 1. The van der Waals surface area contributed by atoms with E-state index in [1.807, 2.05) is 13.8 Å². The average molecular weight is 271 g/mol. The zero-order valence-corrected chi connectivity index (χ0v) is 12.6. The zero-order valence-electron chi connectivity index (χ0n) is 12.6. The van der Waals surface area contributed by atoms with Crippen LogP contribution in [0.1, 0.15) is 46.5 Å². The highest BCUT2D eigenvalue weighted by atomic mass is 16.4. The molecule has 0 amide bonds. The minimum atomic E-state index is -1.01. The number of nitrogens with zero attached hydrogens (tertiary/aromatic N) is 1. The highest BCUT2D eigenvalue weighted by Gasteiger charge is 2.26. The second-order valence-electron chi connectivity index (χ2n) is 5.11. The summed E-state index contributed by atoms with van der Waals surface area (Å²) in [6.07, 6.45) is 6.52. The molecule has 0 aromatic carbocycles. The first kappa shape index (κ1) is 18.1. The molecule has 0 aromatic heterocycles. The summed E-state index contributed by atoms with van der Waals surface area (Å²) < 4.78 is 0.645. The maximum atomic E-state index is 10.6. The fraction of sp³-hybridized carbons (Fsp3) is 0.800. The van der Waals surface area contributed by atoms with Crippen LogP contribution in [0.5, 0.6) is 0 Å². The van der Waals surface area contributed by atoms with Crippen molar-refractivity contribution in [2.75, 3.05) is 26.2 Å². The number of carbonyl (C=O) groups excluding carboxylic acids is 1. The van der Waals surface area contributed by atoms with Crippen LogP contribution < -0.4 is 5.11 Å². The molecular formula is C15H29NO3. The first-order chi connectivity index (χ1) is 8.99. The second kappa shape index (κ2) is 9.98. The summed E-state index contributed by atoms with van der Waals surface area (Å²) in [5, 5.41) is 20.7. The molecule has 0 aliphatic carbocycles. The van der Waals surface area contributed by atoms with Gasteiger partial charge in [0.25, 0.3) is 0 Å². The topological polar surface area (TPSA) is 60.4 Å². The lowest BCUT2D eigenvalue weighted by Crippen LogP contribution is -2.53. The third-order valence-electron chi connectivity index (χ3n) is 3.80. The third-order valence-corrected chi connectivity index (χ3v) is 3.80. The van der Waals surface area contributed by atoms with E-state index in [9.17, 15) is 15.0 Å². The molecule has 0 radical (unpaired) electrons. The van der Waals surface area contributed by atoms with E-state index in [4.69, 9.17) is 0 Å². The van der Waals surface area contributed by atoms with Crippen LogP contribution in [0.15, 0.2) is 12.2 Å². The van der Waals surface area contributed by atoms with Gasteiger partial charge in [-0.2, -0.15) is 0 Å². The molecule has 1 atom stereocenters. The van der Waals surface area contributed by atoms with Gasteiger partial charge in [0.05, 0.1) is 19.6 Å². The average Bonchev–Trinajstić information content (AvgIpc) is 2.39. The first-order valence-corrected chi connectivity index (χ1v) is 7.37. The van der Waals surface area contributed by atoms with Gasteiger partial charge in [0.2, 0.25) is 0 Å². The number of aliphatic hydroxyl groups is 1. The SMILES string of the molecule is CC/C=C/CCC(O)C[N+](CC)(CC)CCC(=O)[O-]. The summed E-state index contributed by atoms with van der Waals surface area (Å²) >= 11 is 0. The lowest BCUT2D eigenvalue weighted by molar-refractivity contribution is -0.927. The Morgan fingerprint density at radius 1 is 1.26 bits per heavy atom. The van der Waals surface area contributed by atoms with Gasteiger partial charge >= 0.3 is 0 Å². The predicted octanol–water partition coefficient (Wildman–Crippen LogP) is 1.09. The van der Waals surface area contributed by atoms with Gasteiger partial charge in [-0.1, -0.05) is 19.1 Å². The minimum Gasteiger partial charge on any atom is -0.550 e.